The molecule has 0 amide bonds. The molecule has 106 valence electrons. The van der Waals surface area contributed by atoms with Crippen LogP contribution in [-0.4, -0.2) is 21.0 Å². The van der Waals surface area contributed by atoms with E-state index in [9.17, 15) is 9.00 Å². The molecule has 0 spiro atoms. The molecule has 0 bridgehead atoms. The Morgan fingerprint density at radius 3 is 2.79 bits per heavy atom. The molecule has 1 aliphatic rings. The van der Waals surface area contributed by atoms with E-state index in [1.165, 1.54) is 17.8 Å². The fraction of sp³-hybridized carbons (Fsp3) is 0.615. The van der Waals surface area contributed by atoms with Crippen molar-refractivity contribution in [2.45, 2.75) is 37.9 Å². The molecule has 19 heavy (non-hydrogen) atoms. The van der Waals surface area contributed by atoms with Gasteiger partial charge < -0.3 is 0 Å². The van der Waals surface area contributed by atoms with Gasteiger partial charge in [-0.15, -0.1) is 11.3 Å². The van der Waals surface area contributed by atoms with Gasteiger partial charge >= 0.3 is 0 Å². The third kappa shape index (κ3) is 4.22. The average molecular weight is 428 g/mol. The maximum atomic E-state index is 12.3. The zero-order chi connectivity index (χ0) is 14.0. The standard InChI is InChI=1S/C13H16Br2O2S2/c1-8-3-2-4-9(5-8)19(17)7-11(16)10-6-12(14)18-13(10)15/h6,8-9H,2-5,7H2,1H3. The summed E-state index contributed by atoms with van der Waals surface area (Å²) in [6.45, 7) is 2.21. The Morgan fingerprint density at radius 1 is 1.47 bits per heavy atom. The molecule has 1 aromatic heterocycles. The summed E-state index contributed by atoms with van der Waals surface area (Å²) in [6.07, 6.45) is 4.36. The monoisotopic (exact) mass is 426 g/mol. The van der Waals surface area contributed by atoms with Crippen LogP contribution >= 0.6 is 43.2 Å². The second-order valence-electron chi connectivity index (χ2n) is 5.08. The lowest BCUT2D eigenvalue weighted by molar-refractivity contribution is 0.102. The first-order valence-corrected chi connectivity index (χ1v) is 10.1. The first kappa shape index (κ1) is 15.9. The number of carbonyl (C=O) groups excluding carboxylic acids is 1. The summed E-state index contributed by atoms with van der Waals surface area (Å²) < 4.78 is 14.0. The van der Waals surface area contributed by atoms with Gasteiger partial charge in [0.25, 0.3) is 0 Å². The molecule has 1 aromatic rings. The summed E-state index contributed by atoms with van der Waals surface area (Å²) in [6, 6.07) is 1.80. The molecular formula is C13H16Br2O2S2. The van der Waals surface area contributed by atoms with Crippen molar-refractivity contribution in [1.82, 2.24) is 0 Å². The largest absolute Gasteiger partial charge is 0.293 e. The predicted molar refractivity (Wildman–Crippen MR) is 88.5 cm³/mol. The van der Waals surface area contributed by atoms with Crippen molar-refractivity contribution in [1.29, 1.82) is 0 Å². The molecule has 2 nitrogen and oxygen atoms in total. The molecule has 1 heterocycles. The quantitative estimate of drug-likeness (QED) is 0.647. The van der Waals surface area contributed by atoms with E-state index in [2.05, 4.69) is 38.8 Å². The number of carbonyl (C=O) groups is 1. The molecule has 0 N–H and O–H groups in total. The number of rotatable bonds is 4. The first-order valence-electron chi connectivity index (χ1n) is 6.32. The van der Waals surface area contributed by atoms with Gasteiger partial charge in [-0.1, -0.05) is 19.8 Å². The Balaban J connectivity index is 1.98. The SMILES string of the molecule is CC1CCCC(S(=O)CC(=O)c2cc(Br)sc2Br)C1. The lowest BCUT2D eigenvalue weighted by Gasteiger charge is -2.25. The second kappa shape index (κ2) is 6.96. The lowest BCUT2D eigenvalue weighted by atomic mass is 9.91. The molecule has 0 radical (unpaired) electrons. The number of thiophene rings is 1. The minimum atomic E-state index is -1.04. The van der Waals surface area contributed by atoms with Gasteiger partial charge in [0.05, 0.1) is 13.3 Å². The fourth-order valence-corrected chi connectivity index (χ4v) is 6.95. The fourth-order valence-electron chi connectivity index (χ4n) is 2.47. The third-order valence-electron chi connectivity index (χ3n) is 3.49. The predicted octanol–water partition coefficient (Wildman–Crippen LogP) is 4.78. The second-order valence-corrected chi connectivity index (χ2v) is 10.5. The summed E-state index contributed by atoms with van der Waals surface area (Å²) in [7, 11) is -1.04. The third-order valence-corrected chi connectivity index (χ3v) is 7.55. The van der Waals surface area contributed by atoms with Crippen molar-refractivity contribution >= 4 is 59.8 Å². The highest BCUT2D eigenvalue weighted by Crippen LogP contribution is 2.33. The summed E-state index contributed by atoms with van der Waals surface area (Å²) in [5.41, 5.74) is 0.647. The van der Waals surface area contributed by atoms with Gasteiger partial charge in [-0.05, 0) is 56.7 Å². The van der Waals surface area contributed by atoms with E-state index in [1.54, 1.807) is 6.07 Å². The number of halogens is 2. The van der Waals surface area contributed by atoms with Crippen molar-refractivity contribution in [3.05, 3.63) is 19.2 Å². The highest BCUT2D eigenvalue weighted by molar-refractivity contribution is 9.12. The van der Waals surface area contributed by atoms with Gasteiger partial charge in [0.2, 0.25) is 0 Å². The summed E-state index contributed by atoms with van der Waals surface area (Å²) in [4.78, 5) is 12.2. The molecule has 1 saturated carbocycles. The highest BCUT2D eigenvalue weighted by atomic mass is 79.9. The Bertz CT molecular complexity index is 499. The first-order chi connectivity index (χ1) is 8.97. The van der Waals surface area contributed by atoms with Crippen LogP contribution < -0.4 is 0 Å². The van der Waals surface area contributed by atoms with Crippen LogP contribution in [0.5, 0.6) is 0 Å². The molecule has 3 atom stereocenters. The maximum Gasteiger partial charge on any atom is 0.177 e. The van der Waals surface area contributed by atoms with Gasteiger partial charge in [0.15, 0.2) is 5.78 Å². The van der Waals surface area contributed by atoms with Crippen molar-refractivity contribution in [2.24, 2.45) is 5.92 Å². The van der Waals surface area contributed by atoms with Crippen molar-refractivity contribution < 1.29 is 9.00 Å². The van der Waals surface area contributed by atoms with Crippen LogP contribution in [0, 0.1) is 5.92 Å². The van der Waals surface area contributed by atoms with Gasteiger partial charge in [0, 0.05) is 21.6 Å². The molecule has 6 heteroatoms. The van der Waals surface area contributed by atoms with E-state index in [-0.39, 0.29) is 16.8 Å². The number of hydrogen-bond acceptors (Lipinski definition) is 3. The summed E-state index contributed by atoms with van der Waals surface area (Å²) in [5, 5.41) is 0.202. The van der Waals surface area contributed by atoms with Crippen LogP contribution in [-0.2, 0) is 10.8 Å². The molecule has 3 unspecified atom stereocenters. The van der Waals surface area contributed by atoms with Gasteiger partial charge in [-0.3, -0.25) is 9.00 Å². The molecule has 0 aliphatic heterocycles. The topological polar surface area (TPSA) is 34.1 Å². The Labute approximate surface area is 137 Å². The minimum absolute atomic E-state index is 0.0228. The maximum absolute atomic E-state index is 12.3. The van der Waals surface area contributed by atoms with E-state index < -0.39 is 10.8 Å². The van der Waals surface area contributed by atoms with Gasteiger partial charge in [-0.25, -0.2) is 0 Å². The van der Waals surface area contributed by atoms with Crippen LogP contribution in [0.15, 0.2) is 13.6 Å². The van der Waals surface area contributed by atoms with Gasteiger partial charge in [-0.2, -0.15) is 0 Å². The van der Waals surface area contributed by atoms with E-state index in [4.69, 9.17) is 0 Å². The Kier molecular flexibility index (Phi) is 5.81. The van der Waals surface area contributed by atoms with E-state index in [1.807, 2.05) is 0 Å². The summed E-state index contributed by atoms with van der Waals surface area (Å²) in [5.74, 6) is 0.768. The van der Waals surface area contributed by atoms with E-state index in [0.717, 1.165) is 26.8 Å². The smallest absolute Gasteiger partial charge is 0.177 e. The lowest BCUT2D eigenvalue weighted by Crippen LogP contribution is -2.27. The Morgan fingerprint density at radius 2 is 2.21 bits per heavy atom. The molecule has 1 fully saturated rings. The number of ketones is 1. The molecule has 0 saturated heterocycles. The number of hydrogen-bond donors (Lipinski definition) is 0. The van der Waals surface area contributed by atoms with Crippen molar-refractivity contribution in [3.63, 3.8) is 0 Å². The Hall–Kier alpha value is 0.480. The zero-order valence-electron chi connectivity index (χ0n) is 10.7. The normalized spacial score (nSPS) is 25.2. The average Bonchev–Trinajstić information content (AvgIpc) is 2.68. The highest BCUT2D eigenvalue weighted by Gasteiger charge is 2.26. The molecular weight excluding hydrogens is 412 g/mol. The zero-order valence-corrected chi connectivity index (χ0v) is 15.5. The van der Waals surface area contributed by atoms with Crippen molar-refractivity contribution in [3.8, 4) is 0 Å². The molecule has 0 aromatic carbocycles. The van der Waals surface area contributed by atoms with E-state index in [0.29, 0.717) is 11.5 Å². The van der Waals surface area contributed by atoms with Crippen LogP contribution in [0.25, 0.3) is 0 Å². The van der Waals surface area contributed by atoms with Crippen LogP contribution in [0.3, 0.4) is 0 Å². The van der Waals surface area contributed by atoms with Crippen LogP contribution in [0.4, 0.5) is 0 Å². The molecule has 1 aliphatic carbocycles. The van der Waals surface area contributed by atoms with Crippen LogP contribution in [0.1, 0.15) is 43.0 Å². The number of Topliss-reactive ketones (excluding diaryl/α,β-unsaturated/α-hetero) is 1. The van der Waals surface area contributed by atoms with Crippen LogP contribution in [0.2, 0.25) is 0 Å². The summed E-state index contributed by atoms with van der Waals surface area (Å²) >= 11 is 8.22. The molecule has 2 rings (SSSR count). The van der Waals surface area contributed by atoms with E-state index >= 15 is 0 Å². The van der Waals surface area contributed by atoms with Crippen molar-refractivity contribution in [2.75, 3.05) is 5.75 Å². The van der Waals surface area contributed by atoms with Gasteiger partial charge in [0.1, 0.15) is 0 Å². The minimum Gasteiger partial charge on any atom is -0.293 e.